The third-order valence-electron chi connectivity index (χ3n) is 3.07. The van der Waals surface area contributed by atoms with Gasteiger partial charge in [0.15, 0.2) is 11.6 Å². The molecule has 0 spiro atoms. The third kappa shape index (κ3) is 2.93. The van der Waals surface area contributed by atoms with Crippen molar-refractivity contribution in [2.75, 3.05) is 24.6 Å². The zero-order chi connectivity index (χ0) is 13.2. The number of aliphatic hydroxyl groups is 1. The Morgan fingerprint density at radius 2 is 2.00 bits per heavy atom. The van der Waals surface area contributed by atoms with Gasteiger partial charge in [0.1, 0.15) is 0 Å². The van der Waals surface area contributed by atoms with Crippen molar-refractivity contribution >= 4 is 5.82 Å². The molecule has 1 aliphatic heterocycles. The molecule has 1 fully saturated rings. The number of aliphatic hydroxyl groups excluding tert-OH is 1. The number of pyridine rings is 1. The van der Waals surface area contributed by atoms with Crippen molar-refractivity contribution in [1.82, 2.24) is 4.98 Å². The van der Waals surface area contributed by atoms with E-state index in [1.165, 1.54) is 17.2 Å². The lowest BCUT2D eigenvalue weighted by Gasteiger charge is -2.32. The Labute approximate surface area is 103 Å². The number of nitrogens with zero attached hydrogens (tertiary/aromatic N) is 2. The van der Waals surface area contributed by atoms with Crippen LogP contribution in [-0.2, 0) is 6.42 Å². The largest absolute Gasteiger partial charge is 0.396 e. The topological polar surface area (TPSA) is 36.4 Å². The third-order valence-corrected chi connectivity index (χ3v) is 3.07. The molecule has 1 saturated heterocycles. The van der Waals surface area contributed by atoms with E-state index in [-0.39, 0.29) is 38.4 Å². The summed E-state index contributed by atoms with van der Waals surface area (Å²) in [6.07, 6.45) is 1.27. The first-order chi connectivity index (χ1) is 8.52. The lowest BCUT2D eigenvalue weighted by molar-refractivity contribution is -0.0222. The van der Waals surface area contributed by atoms with Crippen LogP contribution in [0.5, 0.6) is 0 Å². The monoisotopic (exact) mass is 260 g/mol. The van der Waals surface area contributed by atoms with Crippen molar-refractivity contribution in [2.24, 2.45) is 0 Å². The number of halogens is 3. The van der Waals surface area contributed by atoms with E-state index in [4.69, 9.17) is 5.11 Å². The van der Waals surface area contributed by atoms with Gasteiger partial charge in [-0.05, 0) is 18.1 Å². The number of aromatic nitrogens is 1. The van der Waals surface area contributed by atoms with E-state index < -0.39 is 11.7 Å². The Morgan fingerprint density at radius 1 is 1.33 bits per heavy atom. The molecule has 0 atom stereocenters. The van der Waals surface area contributed by atoms with Gasteiger partial charge in [0.25, 0.3) is 5.92 Å². The summed E-state index contributed by atoms with van der Waals surface area (Å²) in [7, 11) is 0. The van der Waals surface area contributed by atoms with Crippen LogP contribution in [0.1, 0.15) is 18.4 Å². The highest BCUT2D eigenvalue weighted by atomic mass is 19.3. The lowest BCUT2D eigenvalue weighted by atomic mass is 10.1. The fraction of sp³-hybridized carbons (Fsp3) is 0.583. The molecule has 6 heteroatoms. The van der Waals surface area contributed by atoms with Gasteiger partial charge in [-0.2, -0.15) is 0 Å². The molecule has 1 aliphatic rings. The molecule has 1 aromatic heterocycles. The fourth-order valence-electron chi connectivity index (χ4n) is 2.01. The standard InChI is InChI=1S/C12H15F3N2O/c13-10-7-9(1-6-18)8-16-11(10)17-4-2-12(14,15)3-5-17/h7-8,18H,1-6H2. The van der Waals surface area contributed by atoms with Crippen LogP contribution in [0.2, 0.25) is 0 Å². The molecule has 0 bridgehead atoms. The van der Waals surface area contributed by atoms with Crippen LogP contribution in [0.3, 0.4) is 0 Å². The quantitative estimate of drug-likeness (QED) is 0.903. The summed E-state index contributed by atoms with van der Waals surface area (Å²) in [5, 5.41) is 8.74. The second kappa shape index (κ2) is 5.14. The Bertz CT molecular complexity index is 416. The van der Waals surface area contributed by atoms with Crippen LogP contribution in [0.4, 0.5) is 19.0 Å². The summed E-state index contributed by atoms with van der Waals surface area (Å²) in [6.45, 7) is 0.142. The molecule has 3 nitrogen and oxygen atoms in total. The smallest absolute Gasteiger partial charge is 0.251 e. The number of piperidine rings is 1. The summed E-state index contributed by atoms with van der Waals surface area (Å²) in [6, 6.07) is 1.30. The van der Waals surface area contributed by atoms with Crippen molar-refractivity contribution in [1.29, 1.82) is 0 Å². The summed E-state index contributed by atoms with van der Waals surface area (Å²) in [4.78, 5) is 5.50. The number of rotatable bonds is 3. The number of alkyl halides is 2. The highest BCUT2D eigenvalue weighted by molar-refractivity contribution is 5.41. The van der Waals surface area contributed by atoms with Crippen molar-refractivity contribution < 1.29 is 18.3 Å². The molecule has 100 valence electrons. The van der Waals surface area contributed by atoms with Crippen LogP contribution in [0.25, 0.3) is 0 Å². The molecular weight excluding hydrogens is 245 g/mol. The normalized spacial score (nSPS) is 19.0. The van der Waals surface area contributed by atoms with Crippen LogP contribution in [0, 0.1) is 5.82 Å². The molecule has 1 N–H and O–H groups in total. The zero-order valence-corrected chi connectivity index (χ0v) is 9.87. The molecule has 18 heavy (non-hydrogen) atoms. The summed E-state index contributed by atoms with van der Waals surface area (Å²) in [5.41, 5.74) is 0.598. The molecule has 0 radical (unpaired) electrons. The molecule has 0 saturated carbocycles. The van der Waals surface area contributed by atoms with Gasteiger partial charge >= 0.3 is 0 Å². The minimum absolute atomic E-state index is 0.0730. The second-order valence-electron chi connectivity index (χ2n) is 4.47. The Hall–Kier alpha value is -1.30. The van der Waals surface area contributed by atoms with Crippen LogP contribution >= 0.6 is 0 Å². The van der Waals surface area contributed by atoms with E-state index in [1.807, 2.05) is 0 Å². The maximum Gasteiger partial charge on any atom is 0.251 e. The molecule has 1 aromatic rings. The molecule has 2 heterocycles. The highest BCUT2D eigenvalue weighted by Crippen LogP contribution is 2.30. The molecular formula is C12H15F3N2O. The summed E-state index contributed by atoms with van der Waals surface area (Å²) in [5.74, 6) is -3.05. The predicted octanol–water partition coefficient (Wildman–Crippen LogP) is 1.99. The number of anilines is 1. The first-order valence-electron chi connectivity index (χ1n) is 5.90. The first kappa shape index (κ1) is 13.1. The van der Waals surface area contributed by atoms with Crippen LogP contribution < -0.4 is 4.90 Å². The maximum absolute atomic E-state index is 13.8. The Balaban J connectivity index is 2.10. The van der Waals surface area contributed by atoms with Crippen molar-refractivity contribution in [3.05, 3.63) is 23.6 Å². The van der Waals surface area contributed by atoms with Crippen LogP contribution in [0.15, 0.2) is 12.3 Å². The van der Waals surface area contributed by atoms with E-state index in [9.17, 15) is 13.2 Å². The van der Waals surface area contributed by atoms with Gasteiger partial charge in [-0.3, -0.25) is 0 Å². The average Bonchev–Trinajstić information content (AvgIpc) is 2.31. The van der Waals surface area contributed by atoms with Crippen molar-refractivity contribution in [3.63, 3.8) is 0 Å². The van der Waals surface area contributed by atoms with Crippen LogP contribution in [-0.4, -0.2) is 35.7 Å². The van der Waals surface area contributed by atoms with E-state index in [0.29, 0.717) is 12.0 Å². The zero-order valence-electron chi connectivity index (χ0n) is 9.87. The van der Waals surface area contributed by atoms with Crippen molar-refractivity contribution in [2.45, 2.75) is 25.2 Å². The average molecular weight is 260 g/mol. The molecule has 2 rings (SSSR count). The van der Waals surface area contributed by atoms with Crippen molar-refractivity contribution in [3.8, 4) is 0 Å². The Kier molecular flexibility index (Phi) is 3.75. The molecule has 0 unspecified atom stereocenters. The Morgan fingerprint density at radius 3 is 2.56 bits per heavy atom. The van der Waals surface area contributed by atoms with Gasteiger partial charge < -0.3 is 10.0 Å². The van der Waals surface area contributed by atoms with Gasteiger partial charge in [0, 0.05) is 38.7 Å². The molecule has 0 aromatic carbocycles. The van der Waals surface area contributed by atoms with Gasteiger partial charge in [-0.25, -0.2) is 18.2 Å². The molecule has 0 aliphatic carbocycles. The lowest BCUT2D eigenvalue weighted by Crippen LogP contribution is -2.40. The molecule has 0 amide bonds. The summed E-state index contributed by atoms with van der Waals surface area (Å²) >= 11 is 0. The maximum atomic E-state index is 13.8. The van der Waals surface area contributed by atoms with E-state index >= 15 is 0 Å². The van der Waals surface area contributed by atoms with Gasteiger partial charge in [0.2, 0.25) is 0 Å². The predicted molar refractivity (Wildman–Crippen MR) is 61.4 cm³/mol. The fourth-order valence-corrected chi connectivity index (χ4v) is 2.01. The highest BCUT2D eigenvalue weighted by Gasteiger charge is 2.35. The second-order valence-corrected chi connectivity index (χ2v) is 4.47. The summed E-state index contributed by atoms with van der Waals surface area (Å²) < 4.78 is 39.8. The number of hydrogen-bond donors (Lipinski definition) is 1. The van der Waals surface area contributed by atoms with Gasteiger partial charge in [-0.15, -0.1) is 0 Å². The number of hydrogen-bond acceptors (Lipinski definition) is 3. The minimum atomic E-state index is -2.65. The van der Waals surface area contributed by atoms with E-state index in [0.717, 1.165) is 0 Å². The van der Waals surface area contributed by atoms with Gasteiger partial charge in [-0.1, -0.05) is 0 Å². The van der Waals surface area contributed by atoms with E-state index in [2.05, 4.69) is 4.98 Å². The van der Waals surface area contributed by atoms with Gasteiger partial charge in [0.05, 0.1) is 0 Å². The minimum Gasteiger partial charge on any atom is -0.396 e. The SMILES string of the molecule is OCCc1cnc(N2CCC(F)(F)CC2)c(F)c1. The first-order valence-corrected chi connectivity index (χ1v) is 5.90. The van der Waals surface area contributed by atoms with E-state index in [1.54, 1.807) is 0 Å².